The van der Waals surface area contributed by atoms with Gasteiger partial charge in [0, 0.05) is 59.8 Å². The van der Waals surface area contributed by atoms with Crippen LogP contribution >= 0.6 is 24.0 Å². The smallest absolute Gasteiger partial charge is 0.234 e. The molecule has 2 rings (SSSR count). The van der Waals surface area contributed by atoms with E-state index in [4.69, 9.17) is 9.15 Å². The fraction of sp³-hybridized carbons (Fsp3) is 0.647. The van der Waals surface area contributed by atoms with E-state index in [1.165, 1.54) is 0 Å². The van der Waals surface area contributed by atoms with Crippen LogP contribution in [-0.4, -0.2) is 88.2 Å². The molecule has 1 saturated heterocycles. The number of halogens is 1. The van der Waals surface area contributed by atoms with Crippen molar-refractivity contribution >= 4 is 35.8 Å². The maximum atomic E-state index is 11.8. The molecule has 1 aliphatic rings. The lowest BCUT2D eigenvalue weighted by Gasteiger charge is -2.36. The minimum absolute atomic E-state index is 0. The number of carbonyl (C=O) groups is 1. The van der Waals surface area contributed by atoms with Crippen molar-refractivity contribution in [3.8, 4) is 0 Å². The van der Waals surface area contributed by atoms with Crippen LogP contribution in [-0.2, 0) is 16.0 Å². The first-order chi connectivity index (χ1) is 12.2. The Morgan fingerprint density at radius 2 is 2.04 bits per heavy atom. The summed E-state index contributed by atoms with van der Waals surface area (Å²) in [6.07, 6.45) is 2.52. The van der Waals surface area contributed by atoms with Crippen molar-refractivity contribution in [3.05, 3.63) is 24.2 Å². The second-order valence-electron chi connectivity index (χ2n) is 5.91. The zero-order valence-electron chi connectivity index (χ0n) is 15.6. The van der Waals surface area contributed by atoms with Crippen LogP contribution in [0.1, 0.15) is 5.76 Å². The van der Waals surface area contributed by atoms with Crippen LogP contribution in [0, 0.1) is 0 Å². The normalized spacial score (nSPS) is 15.5. The molecule has 148 valence electrons. The van der Waals surface area contributed by atoms with Crippen molar-refractivity contribution in [2.45, 2.75) is 6.42 Å². The monoisotopic (exact) mass is 479 g/mol. The number of carbonyl (C=O) groups excluding carboxylic acids is 1. The van der Waals surface area contributed by atoms with Crippen LogP contribution < -0.4 is 10.6 Å². The third-order valence-corrected chi connectivity index (χ3v) is 4.11. The highest BCUT2D eigenvalue weighted by Gasteiger charge is 2.20. The number of furan rings is 1. The quantitative estimate of drug-likeness (QED) is 0.243. The van der Waals surface area contributed by atoms with E-state index >= 15 is 0 Å². The Morgan fingerprint density at radius 1 is 1.27 bits per heavy atom. The zero-order valence-corrected chi connectivity index (χ0v) is 17.9. The standard InChI is InChI=1S/C17H29N5O3.HI/c1-18-17(20-6-5-15-4-3-12-25-15)22-10-8-21(9-11-22)14-16(23)19-7-13-24-2;/h3-4,12H,5-11,13-14H2,1-2H3,(H,18,20)(H,19,23);1H. The summed E-state index contributed by atoms with van der Waals surface area (Å²) >= 11 is 0. The Hall–Kier alpha value is -1.33. The molecule has 1 aromatic heterocycles. The summed E-state index contributed by atoms with van der Waals surface area (Å²) in [5.41, 5.74) is 0. The van der Waals surface area contributed by atoms with E-state index < -0.39 is 0 Å². The van der Waals surface area contributed by atoms with E-state index in [0.29, 0.717) is 19.7 Å². The number of rotatable bonds is 8. The molecular formula is C17H30IN5O3. The molecule has 0 spiro atoms. The molecule has 8 nitrogen and oxygen atoms in total. The molecule has 1 aliphatic heterocycles. The number of nitrogens with zero attached hydrogens (tertiary/aromatic N) is 3. The van der Waals surface area contributed by atoms with Crippen molar-refractivity contribution in [3.63, 3.8) is 0 Å². The zero-order chi connectivity index (χ0) is 17.9. The highest BCUT2D eigenvalue weighted by Crippen LogP contribution is 2.03. The molecule has 0 saturated carbocycles. The molecule has 0 atom stereocenters. The van der Waals surface area contributed by atoms with E-state index in [1.807, 2.05) is 12.1 Å². The van der Waals surface area contributed by atoms with E-state index in [2.05, 4.69) is 25.4 Å². The number of ether oxygens (including phenoxy) is 1. The maximum absolute atomic E-state index is 11.8. The van der Waals surface area contributed by atoms with Gasteiger partial charge in [0.15, 0.2) is 5.96 Å². The number of methoxy groups -OCH3 is 1. The van der Waals surface area contributed by atoms with Crippen molar-refractivity contribution in [1.82, 2.24) is 20.4 Å². The average Bonchev–Trinajstić information content (AvgIpc) is 3.13. The largest absolute Gasteiger partial charge is 0.469 e. The lowest BCUT2D eigenvalue weighted by Crippen LogP contribution is -2.54. The summed E-state index contributed by atoms with van der Waals surface area (Å²) in [5, 5.41) is 6.22. The Balaban J connectivity index is 0.00000338. The van der Waals surface area contributed by atoms with E-state index in [0.717, 1.165) is 50.9 Å². The van der Waals surface area contributed by atoms with Crippen LogP contribution in [0.5, 0.6) is 0 Å². The van der Waals surface area contributed by atoms with Crippen molar-refractivity contribution in [2.24, 2.45) is 4.99 Å². The first kappa shape index (κ1) is 22.7. The highest BCUT2D eigenvalue weighted by atomic mass is 127. The molecule has 9 heteroatoms. The van der Waals surface area contributed by atoms with Gasteiger partial charge in [-0.3, -0.25) is 14.7 Å². The van der Waals surface area contributed by atoms with Gasteiger partial charge in [0.25, 0.3) is 0 Å². The topological polar surface area (TPSA) is 82.3 Å². The molecule has 1 amide bonds. The maximum Gasteiger partial charge on any atom is 0.234 e. The predicted octanol–water partition coefficient (Wildman–Crippen LogP) is 0.396. The second-order valence-corrected chi connectivity index (χ2v) is 5.91. The summed E-state index contributed by atoms with van der Waals surface area (Å²) in [4.78, 5) is 20.6. The Kier molecular flexibility index (Phi) is 11.3. The van der Waals surface area contributed by atoms with Crippen LogP contribution in [0.3, 0.4) is 0 Å². The minimum atomic E-state index is 0. The van der Waals surface area contributed by atoms with Gasteiger partial charge in [-0.05, 0) is 12.1 Å². The third-order valence-electron chi connectivity index (χ3n) is 4.11. The summed E-state index contributed by atoms with van der Waals surface area (Å²) in [6, 6.07) is 3.87. The summed E-state index contributed by atoms with van der Waals surface area (Å²) in [5.74, 6) is 1.91. The van der Waals surface area contributed by atoms with Crippen molar-refractivity contribution < 1.29 is 13.9 Å². The van der Waals surface area contributed by atoms with Gasteiger partial charge in [-0.1, -0.05) is 0 Å². The molecule has 0 aromatic carbocycles. The van der Waals surface area contributed by atoms with Gasteiger partial charge in [-0.25, -0.2) is 0 Å². The number of nitrogens with one attached hydrogen (secondary N) is 2. The minimum Gasteiger partial charge on any atom is -0.469 e. The van der Waals surface area contributed by atoms with Gasteiger partial charge in [0.1, 0.15) is 5.76 Å². The average molecular weight is 479 g/mol. The van der Waals surface area contributed by atoms with Crippen molar-refractivity contribution in [2.75, 3.05) is 66.6 Å². The van der Waals surface area contributed by atoms with Gasteiger partial charge < -0.3 is 24.7 Å². The van der Waals surface area contributed by atoms with E-state index in [9.17, 15) is 4.79 Å². The van der Waals surface area contributed by atoms with Gasteiger partial charge in [0.2, 0.25) is 5.91 Å². The van der Waals surface area contributed by atoms with Crippen LogP contribution in [0.25, 0.3) is 0 Å². The number of guanidine groups is 1. The molecule has 0 aliphatic carbocycles. The lowest BCUT2D eigenvalue weighted by atomic mass is 10.3. The van der Waals surface area contributed by atoms with E-state index in [1.54, 1.807) is 20.4 Å². The van der Waals surface area contributed by atoms with Crippen molar-refractivity contribution in [1.29, 1.82) is 0 Å². The van der Waals surface area contributed by atoms with Crippen LogP contribution in [0.15, 0.2) is 27.8 Å². The van der Waals surface area contributed by atoms with Gasteiger partial charge in [-0.15, -0.1) is 24.0 Å². The van der Waals surface area contributed by atoms with Crippen LogP contribution in [0.4, 0.5) is 0 Å². The first-order valence-corrected chi connectivity index (χ1v) is 8.69. The molecule has 2 heterocycles. The molecule has 0 unspecified atom stereocenters. The second kappa shape index (κ2) is 12.9. The fourth-order valence-corrected chi connectivity index (χ4v) is 2.75. The predicted molar refractivity (Wildman–Crippen MR) is 112 cm³/mol. The highest BCUT2D eigenvalue weighted by molar-refractivity contribution is 14.0. The van der Waals surface area contributed by atoms with E-state index in [-0.39, 0.29) is 29.9 Å². The SMILES string of the molecule is CN=C(NCCc1ccco1)N1CCN(CC(=O)NCCOC)CC1.I. The number of hydrogen-bond acceptors (Lipinski definition) is 5. The summed E-state index contributed by atoms with van der Waals surface area (Å²) in [6.45, 7) is 5.70. The Morgan fingerprint density at radius 3 is 2.65 bits per heavy atom. The molecule has 0 radical (unpaired) electrons. The molecule has 0 bridgehead atoms. The summed E-state index contributed by atoms with van der Waals surface area (Å²) in [7, 11) is 3.42. The Bertz CT molecular complexity index is 531. The fourth-order valence-electron chi connectivity index (χ4n) is 2.75. The Labute approximate surface area is 172 Å². The van der Waals surface area contributed by atoms with Gasteiger partial charge in [0.05, 0.1) is 19.4 Å². The third kappa shape index (κ3) is 7.92. The first-order valence-electron chi connectivity index (χ1n) is 8.69. The molecule has 26 heavy (non-hydrogen) atoms. The molecule has 1 aromatic rings. The van der Waals surface area contributed by atoms with Gasteiger partial charge in [-0.2, -0.15) is 0 Å². The molecule has 2 N–H and O–H groups in total. The molecular weight excluding hydrogens is 449 g/mol. The van der Waals surface area contributed by atoms with Gasteiger partial charge >= 0.3 is 0 Å². The number of piperazine rings is 1. The summed E-state index contributed by atoms with van der Waals surface area (Å²) < 4.78 is 10.3. The van der Waals surface area contributed by atoms with Crippen LogP contribution in [0.2, 0.25) is 0 Å². The molecule has 1 fully saturated rings. The lowest BCUT2D eigenvalue weighted by molar-refractivity contribution is -0.122. The number of aliphatic imine (C=N–C) groups is 1. The number of hydrogen-bond donors (Lipinski definition) is 2. The number of amides is 1.